The molecule has 4 heteroatoms. The molecule has 92 valence electrons. The molecule has 0 saturated carbocycles. The van der Waals surface area contributed by atoms with E-state index < -0.39 is 11.6 Å². The molecule has 1 aromatic carbocycles. The summed E-state index contributed by atoms with van der Waals surface area (Å²) in [6.45, 7) is 2.27. The Labute approximate surface area is 99.2 Å². The van der Waals surface area contributed by atoms with E-state index in [9.17, 15) is 13.6 Å². The molecule has 1 saturated heterocycles. The van der Waals surface area contributed by atoms with Crippen LogP contribution in [0.25, 0.3) is 0 Å². The molecule has 17 heavy (non-hydrogen) atoms. The molecule has 0 N–H and O–H groups in total. The maximum absolute atomic E-state index is 12.9. The van der Waals surface area contributed by atoms with Gasteiger partial charge in [0.25, 0.3) is 0 Å². The molecule has 1 fully saturated rings. The van der Waals surface area contributed by atoms with E-state index >= 15 is 0 Å². The van der Waals surface area contributed by atoms with Crippen LogP contribution in [0.3, 0.4) is 0 Å². The summed E-state index contributed by atoms with van der Waals surface area (Å²) in [6, 6.07) is 3.60. The van der Waals surface area contributed by atoms with Crippen LogP contribution in [0, 0.1) is 11.6 Å². The van der Waals surface area contributed by atoms with Crippen molar-refractivity contribution in [2.45, 2.75) is 19.3 Å². The molecule has 1 aliphatic heterocycles. The molecule has 1 heterocycles. The first-order valence-electron chi connectivity index (χ1n) is 5.82. The zero-order valence-corrected chi connectivity index (χ0v) is 9.59. The maximum atomic E-state index is 12.9. The van der Waals surface area contributed by atoms with Gasteiger partial charge in [-0.2, -0.15) is 0 Å². The van der Waals surface area contributed by atoms with E-state index in [4.69, 9.17) is 0 Å². The van der Waals surface area contributed by atoms with Gasteiger partial charge in [0.1, 0.15) is 17.4 Å². The predicted molar refractivity (Wildman–Crippen MR) is 60.7 cm³/mol. The van der Waals surface area contributed by atoms with Gasteiger partial charge in [0.15, 0.2) is 0 Å². The van der Waals surface area contributed by atoms with E-state index in [1.807, 2.05) is 0 Å². The maximum Gasteiger partial charge on any atom is 0.135 e. The zero-order valence-electron chi connectivity index (χ0n) is 9.59. The molecule has 0 aliphatic carbocycles. The van der Waals surface area contributed by atoms with Crippen LogP contribution < -0.4 is 0 Å². The van der Waals surface area contributed by atoms with Crippen LogP contribution in [-0.4, -0.2) is 30.3 Å². The van der Waals surface area contributed by atoms with Crippen LogP contribution in [0.4, 0.5) is 8.78 Å². The number of halogens is 2. The number of hydrogen-bond donors (Lipinski definition) is 0. The Bertz CT molecular complexity index is 390. The first kappa shape index (κ1) is 12.2. The highest BCUT2D eigenvalue weighted by Crippen LogP contribution is 2.11. The normalized spacial score (nSPS) is 17.4. The first-order chi connectivity index (χ1) is 8.13. The summed E-state index contributed by atoms with van der Waals surface area (Å²) in [6.07, 6.45) is 1.80. The zero-order chi connectivity index (χ0) is 12.3. The number of carbonyl (C=O) groups is 1. The molecular weight excluding hydrogens is 224 g/mol. The van der Waals surface area contributed by atoms with Crippen molar-refractivity contribution in [2.24, 2.45) is 0 Å². The number of likely N-dealkylation sites (tertiary alicyclic amines) is 1. The summed E-state index contributed by atoms with van der Waals surface area (Å²) in [7, 11) is 0. The summed E-state index contributed by atoms with van der Waals surface area (Å²) in [5.41, 5.74) is 0.666. The molecule has 0 amide bonds. The van der Waals surface area contributed by atoms with Crippen LogP contribution >= 0.6 is 0 Å². The summed E-state index contributed by atoms with van der Waals surface area (Å²) in [5.74, 6) is -0.763. The van der Waals surface area contributed by atoms with Gasteiger partial charge in [-0.05, 0) is 24.1 Å². The van der Waals surface area contributed by atoms with Crippen LogP contribution in [0.2, 0.25) is 0 Å². The average Bonchev–Trinajstić information content (AvgIpc) is 2.27. The standard InChI is InChI=1S/C13H15F2NO/c14-11-7-10(8-12(15)9-11)1-4-16-5-2-13(17)3-6-16/h7-9H,1-6H2. The van der Waals surface area contributed by atoms with Gasteiger partial charge in [0, 0.05) is 38.5 Å². The second-order valence-corrected chi connectivity index (χ2v) is 4.41. The number of nitrogens with zero attached hydrogens (tertiary/aromatic N) is 1. The van der Waals surface area contributed by atoms with Gasteiger partial charge in [0.05, 0.1) is 0 Å². The Morgan fingerprint density at radius 1 is 1.06 bits per heavy atom. The van der Waals surface area contributed by atoms with Gasteiger partial charge >= 0.3 is 0 Å². The molecule has 1 aliphatic rings. The highest BCUT2D eigenvalue weighted by atomic mass is 19.1. The predicted octanol–water partition coefficient (Wildman–Crippen LogP) is 2.17. The molecule has 2 rings (SSSR count). The van der Waals surface area contributed by atoms with Crippen LogP contribution in [0.15, 0.2) is 18.2 Å². The number of piperidine rings is 1. The topological polar surface area (TPSA) is 20.3 Å². The van der Waals surface area contributed by atoms with Crippen molar-refractivity contribution < 1.29 is 13.6 Å². The van der Waals surface area contributed by atoms with Crippen molar-refractivity contribution in [3.05, 3.63) is 35.4 Å². The minimum absolute atomic E-state index is 0.304. The molecule has 0 radical (unpaired) electrons. The lowest BCUT2D eigenvalue weighted by atomic mass is 10.1. The molecule has 0 spiro atoms. The van der Waals surface area contributed by atoms with Crippen molar-refractivity contribution in [2.75, 3.05) is 19.6 Å². The number of Topliss-reactive ketones (excluding diaryl/α,β-unsaturated/α-hetero) is 1. The largest absolute Gasteiger partial charge is 0.302 e. The lowest BCUT2D eigenvalue weighted by Crippen LogP contribution is -2.35. The average molecular weight is 239 g/mol. The molecule has 0 aromatic heterocycles. The SMILES string of the molecule is O=C1CCN(CCc2cc(F)cc(F)c2)CC1. The van der Waals surface area contributed by atoms with Gasteiger partial charge in [-0.15, -0.1) is 0 Å². The Morgan fingerprint density at radius 2 is 1.65 bits per heavy atom. The van der Waals surface area contributed by atoms with Crippen molar-refractivity contribution in [1.29, 1.82) is 0 Å². The highest BCUT2D eigenvalue weighted by molar-refractivity contribution is 5.79. The van der Waals surface area contributed by atoms with E-state index in [2.05, 4.69) is 4.90 Å². The fourth-order valence-electron chi connectivity index (χ4n) is 2.07. The van der Waals surface area contributed by atoms with Gasteiger partial charge in [-0.1, -0.05) is 0 Å². The number of ketones is 1. The summed E-state index contributed by atoms with van der Waals surface area (Å²) in [5, 5.41) is 0. The Morgan fingerprint density at radius 3 is 2.24 bits per heavy atom. The van der Waals surface area contributed by atoms with E-state index in [-0.39, 0.29) is 0 Å². The Hall–Kier alpha value is -1.29. The molecule has 0 unspecified atom stereocenters. The van der Waals surface area contributed by atoms with Crippen molar-refractivity contribution in [3.8, 4) is 0 Å². The molecular formula is C13H15F2NO. The monoisotopic (exact) mass is 239 g/mol. The number of carbonyl (C=O) groups excluding carboxylic acids is 1. The minimum Gasteiger partial charge on any atom is -0.302 e. The molecule has 0 atom stereocenters. The third-order valence-electron chi connectivity index (χ3n) is 3.05. The summed E-state index contributed by atoms with van der Waals surface area (Å²) in [4.78, 5) is 13.2. The summed E-state index contributed by atoms with van der Waals surface area (Å²) >= 11 is 0. The van der Waals surface area contributed by atoms with Gasteiger partial charge < -0.3 is 4.90 Å². The van der Waals surface area contributed by atoms with Crippen LogP contribution in [-0.2, 0) is 11.2 Å². The third-order valence-corrected chi connectivity index (χ3v) is 3.05. The van der Waals surface area contributed by atoms with Crippen molar-refractivity contribution >= 4 is 5.78 Å². The van der Waals surface area contributed by atoms with E-state index in [0.29, 0.717) is 30.6 Å². The smallest absolute Gasteiger partial charge is 0.135 e. The van der Waals surface area contributed by atoms with E-state index in [1.165, 1.54) is 12.1 Å². The van der Waals surface area contributed by atoms with Crippen molar-refractivity contribution in [3.63, 3.8) is 0 Å². The van der Waals surface area contributed by atoms with Crippen LogP contribution in [0.5, 0.6) is 0 Å². The van der Waals surface area contributed by atoms with Gasteiger partial charge in [-0.25, -0.2) is 8.78 Å². The fourth-order valence-corrected chi connectivity index (χ4v) is 2.07. The van der Waals surface area contributed by atoms with E-state index in [1.54, 1.807) is 0 Å². The fraction of sp³-hybridized carbons (Fsp3) is 0.462. The van der Waals surface area contributed by atoms with Gasteiger partial charge in [-0.3, -0.25) is 4.79 Å². The highest BCUT2D eigenvalue weighted by Gasteiger charge is 2.15. The van der Waals surface area contributed by atoms with Crippen molar-refractivity contribution in [1.82, 2.24) is 4.90 Å². The second-order valence-electron chi connectivity index (χ2n) is 4.41. The first-order valence-corrected chi connectivity index (χ1v) is 5.82. The second kappa shape index (κ2) is 5.36. The summed E-state index contributed by atoms with van der Waals surface area (Å²) < 4.78 is 25.9. The lowest BCUT2D eigenvalue weighted by Gasteiger charge is -2.25. The minimum atomic E-state index is -0.533. The van der Waals surface area contributed by atoms with Gasteiger partial charge in [0.2, 0.25) is 0 Å². The molecule has 1 aromatic rings. The lowest BCUT2D eigenvalue weighted by molar-refractivity contribution is -0.121. The number of hydrogen-bond acceptors (Lipinski definition) is 2. The number of rotatable bonds is 3. The van der Waals surface area contributed by atoms with Crippen LogP contribution in [0.1, 0.15) is 18.4 Å². The molecule has 2 nitrogen and oxygen atoms in total. The Kier molecular flexibility index (Phi) is 3.84. The molecule has 0 bridgehead atoms. The van der Waals surface area contributed by atoms with E-state index in [0.717, 1.165) is 25.7 Å². The Balaban J connectivity index is 1.87. The quantitative estimate of drug-likeness (QED) is 0.805. The third kappa shape index (κ3) is 3.60. The number of benzene rings is 1.